The van der Waals surface area contributed by atoms with Gasteiger partial charge in [-0.25, -0.2) is 0 Å². The lowest BCUT2D eigenvalue weighted by atomic mass is 10.2. The molecule has 1 aromatic rings. The molecule has 7 nitrogen and oxygen atoms in total. The summed E-state index contributed by atoms with van der Waals surface area (Å²) in [4.78, 5) is 24.7. The number of anilines is 1. The van der Waals surface area contributed by atoms with Crippen molar-refractivity contribution in [2.75, 3.05) is 25.0 Å². The van der Waals surface area contributed by atoms with Gasteiger partial charge in [0.15, 0.2) is 12.6 Å². The first-order valence-electron chi connectivity index (χ1n) is 6.82. The van der Waals surface area contributed by atoms with Crippen molar-refractivity contribution in [1.82, 2.24) is 15.1 Å². The van der Waals surface area contributed by atoms with Gasteiger partial charge in [0.2, 0.25) is 0 Å². The minimum atomic E-state index is -0.264. The van der Waals surface area contributed by atoms with Crippen LogP contribution in [0, 0.1) is 13.8 Å². The lowest BCUT2D eigenvalue weighted by Gasteiger charge is -2.28. The number of hydrogen-bond acceptors (Lipinski definition) is 3. The summed E-state index contributed by atoms with van der Waals surface area (Å²) >= 11 is 0. The number of nitrogens with zero attached hydrogens (tertiary/aromatic N) is 2. The van der Waals surface area contributed by atoms with Crippen LogP contribution >= 0.6 is 0 Å². The Bertz CT molecular complexity index is 537. The molecule has 1 unspecified atom stereocenters. The molecule has 1 saturated heterocycles. The van der Waals surface area contributed by atoms with Crippen molar-refractivity contribution in [3.63, 3.8) is 0 Å². The van der Waals surface area contributed by atoms with Gasteiger partial charge in [0.05, 0.1) is 30.2 Å². The molecule has 110 valence electrons. The van der Waals surface area contributed by atoms with E-state index in [0.717, 1.165) is 28.5 Å². The number of aryl methyl sites for hydroxylation is 2. The fourth-order valence-corrected chi connectivity index (χ4v) is 2.46. The van der Waals surface area contributed by atoms with Crippen LogP contribution < -0.4 is 15.5 Å². The van der Waals surface area contributed by atoms with E-state index in [0.29, 0.717) is 13.1 Å². The molecule has 7 heteroatoms. The predicted octanol–water partition coefficient (Wildman–Crippen LogP) is -1.62. The molecule has 0 saturated carbocycles. The number of nitrogens with one attached hydrogen (secondary N) is 3. The number of carbonyl (C=O) groups excluding carboxylic acids is 2. The highest BCUT2D eigenvalue weighted by Gasteiger charge is 2.30. The van der Waals surface area contributed by atoms with Gasteiger partial charge in [-0.1, -0.05) is 0 Å². The first kappa shape index (κ1) is 14.5. The van der Waals surface area contributed by atoms with E-state index in [1.165, 1.54) is 0 Å². The summed E-state index contributed by atoms with van der Waals surface area (Å²) in [5.41, 5.74) is 2.50. The van der Waals surface area contributed by atoms with Crippen molar-refractivity contribution >= 4 is 17.5 Å². The van der Waals surface area contributed by atoms with Crippen LogP contribution in [0.3, 0.4) is 0 Å². The number of piperazine rings is 1. The van der Waals surface area contributed by atoms with E-state index in [4.69, 9.17) is 0 Å². The molecule has 0 aliphatic carbocycles. The lowest BCUT2D eigenvalue weighted by Crippen LogP contribution is -3.19. The van der Waals surface area contributed by atoms with Crippen molar-refractivity contribution in [2.24, 2.45) is 7.05 Å². The van der Waals surface area contributed by atoms with Crippen LogP contribution in [0.1, 0.15) is 18.3 Å². The molecule has 0 aromatic carbocycles. The van der Waals surface area contributed by atoms with Crippen LogP contribution in [-0.2, 0) is 16.6 Å². The van der Waals surface area contributed by atoms with E-state index in [-0.39, 0.29) is 17.9 Å². The Morgan fingerprint density at radius 1 is 1.50 bits per heavy atom. The monoisotopic (exact) mass is 280 g/mol. The fraction of sp³-hybridized carbons (Fsp3) is 0.615. The van der Waals surface area contributed by atoms with Crippen LogP contribution in [0.4, 0.5) is 5.69 Å². The van der Waals surface area contributed by atoms with Crippen LogP contribution in [0.25, 0.3) is 0 Å². The Labute approximate surface area is 118 Å². The van der Waals surface area contributed by atoms with Gasteiger partial charge in [-0.3, -0.25) is 14.3 Å². The first-order chi connectivity index (χ1) is 9.40. The molecule has 1 aliphatic rings. The zero-order valence-electron chi connectivity index (χ0n) is 12.4. The summed E-state index contributed by atoms with van der Waals surface area (Å²) in [6.07, 6.45) is 0. The minimum Gasteiger partial charge on any atom is -0.346 e. The van der Waals surface area contributed by atoms with Crippen molar-refractivity contribution in [1.29, 1.82) is 0 Å². The summed E-state index contributed by atoms with van der Waals surface area (Å²) in [7, 11) is 1.85. The molecule has 0 spiro atoms. The molecule has 1 aromatic heterocycles. The summed E-state index contributed by atoms with van der Waals surface area (Å²) in [5, 5.41) is 9.99. The molecule has 3 N–H and O–H groups in total. The Morgan fingerprint density at radius 2 is 2.20 bits per heavy atom. The third-order valence-electron chi connectivity index (χ3n) is 3.92. The molecular weight excluding hydrogens is 258 g/mol. The van der Waals surface area contributed by atoms with Crippen LogP contribution in [0.15, 0.2) is 0 Å². The smallest absolute Gasteiger partial charge is 0.282 e. The average molecular weight is 280 g/mol. The summed E-state index contributed by atoms with van der Waals surface area (Å²) in [5.74, 6) is -0.0754. The Kier molecular flexibility index (Phi) is 4.08. The number of hydrogen-bond donors (Lipinski definition) is 3. The Morgan fingerprint density at radius 3 is 2.75 bits per heavy atom. The summed E-state index contributed by atoms with van der Waals surface area (Å²) < 4.78 is 1.75. The van der Waals surface area contributed by atoms with Crippen molar-refractivity contribution in [2.45, 2.75) is 26.8 Å². The van der Waals surface area contributed by atoms with E-state index in [9.17, 15) is 9.59 Å². The highest BCUT2D eigenvalue weighted by molar-refractivity contribution is 5.94. The summed E-state index contributed by atoms with van der Waals surface area (Å²) in [6.45, 7) is 7.38. The second-order valence-corrected chi connectivity index (χ2v) is 5.32. The van der Waals surface area contributed by atoms with Crippen molar-refractivity contribution in [3.8, 4) is 0 Å². The molecule has 0 radical (unpaired) electrons. The van der Waals surface area contributed by atoms with Gasteiger partial charge >= 0.3 is 0 Å². The zero-order chi connectivity index (χ0) is 14.9. The average Bonchev–Trinajstić information content (AvgIpc) is 2.64. The highest BCUT2D eigenvalue weighted by Crippen LogP contribution is 2.18. The SMILES string of the molecule is Cc1nn(C)c(C)c1NC(=O)[C@@H](C)[NH+]1CCNC(=O)C1. The van der Waals surface area contributed by atoms with Crippen molar-refractivity contribution in [3.05, 3.63) is 11.4 Å². The first-order valence-corrected chi connectivity index (χ1v) is 6.82. The zero-order valence-corrected chi connectivity index (χ0v) is 12.4. The Hall–Kier alpha value is -1.89. The van der Waals surface area contributed by atoms with Crippen molar-refractivity contribution < 1.29 is 14.5 Å². The molecule has 0 bridgehead atoms. The van der Waals surface area contributed by atoms with Gasteiger partial charge in [0, 0.05) is 7.05 Å². The molecule has 1 aliphatic heterocycles. The van der Waals surface area contributed by atoms with Crippen LogP contribution in [-0.4, -0.2) is 47.3 Å². The van der Waals surface area contributed by atoms with E-state index in [1.807, 2.05) is 27.8 Å². The maximum atomic E-state index is 12.3. The standard InChI is InChI=1S/C13H21N5O2/c1-8-12(9(2)17(4)16-8)15-13(20)10(3)18-6-5-14-11(19)7-18/h10H,5-7H2,1-4H3,(H,14,19)(H,15,20)/p+1/t10-/m1/s1. The van der Waals surface area contributed by atoms with E-state index < -0.39 is 0 Å². The molecule has 2 amide bonds. The quantitative estimate of drug-likeness (QED) is 0.622. The normalized spacial score (nSPS) is 20.4. The largest absolute Gasteiger partial charge is 0.346 e. The van der Waals surface area contributed by atoms with Gasteiger partial charge in [-0.2, -0.15) is 5.10 Å². The van der Waals surface area contributed by atoms with Gasteiger partial charge in [-0.15, -0.1) is 0 Å². The number of quaternary nitrogens is 1. The van der Waals surface area contributed by atoms with Gasteiger partial charge in [-0.05, 0) is 20.8 Å². The Balaban J connectivity index is 2.05. The molecule has 2 atom stereocenters. The van der Waals surface area contributed by atoms with Crippen LogP contribution in [0.2, 0.25) is 0 Å². The molecule has 2 rings (SSSR count). The lowest BCUT2D eigenvalue weighted by molar-refractivity contribution is -0.907. The topological polar surface area (TPSA) is 80.5 Å². The number of rotatable bonds is 3. The van der Waals surface area contributed by atoms with Gasteiger partial charge in [0.25, 0.3) is 11.8 Å². The fourth-order valence-electron chi connectivity index (χ4n) is 2.46. The maximum absolute atomic E-state index is 12.3. The van der Waals surface area contributed by atoms with E-state index >= 15 is 0 Å². The van der Waals surface area contributed by atoms with Gasteiger partial charge in [0.1, 0.15) is 0 Å². The molecular formula is C13H22N5O2+. The van der Waals surface area contributed by atoms with Gasteiger partial charge < -0.3 is 15.5 Å². The maximum Gasteiger partial charge on any atom is 0.282 e. The number of carbonyl (C=O) groups is 2. The second kappa shape index (κ2) is 5.62. The van der Waals surface area contributed by atoms with Crippen LogP contribution in [0.5, 0.6) is 0 Å². The van der Waals surface area contributed by atoms with E-state index in [2.05, 4.69) is 15.7 Å². The third-order valence-corrected chi connectivity index (χ3v) is 3.92. The summed E-state index contributed by atoms with van der Waals surface area (Å²) in [6, 6.07) is -0.264. The number of amides is 2. The molecule has 2 heterocycles. The third kappa shape index (κ3) is 2.82. The molecule has 20 heavy (non-hydrogen) atoms. The molecule has 1 fully saturated rings. The highest BCUT2D eigenvalue weighted by atomic mass is 16.2. The predicted molar refractivity (Wildman–Crippen MR) is 74.5 cm³/mol. The minimum absolute atomic E-state index is 0.000334. The van der Waals surface area contributed by atoms with E-state index in [1.54, 1.807) is 4.68 Å². The number of aromatic nitrogens is 2. The second-order valence-electron chi connectivity index (χ2n) is 5.32.